The molecule has 1 aromatic carbocycles. The Hall–Kier alpha value is -1.67. The molecule has 0 spiro atoms. The zero-order valence-corrected chi connectivity index (χ0v) is 8.74. The first-order chi connectivity index (χ1) is 8.50. The van der Waals surface area contributed by atoms with E-state index in [1.807, 2.05) is 0 Å². The van der Waals surface area contributed by atoms with Crippen molar-refractivity contribution < 1.29 is 39.9 Å². The number of carbonyl (C=O) groups excluding carboxylic acids is 1. The van der Waals surface area contributed by atoms with Gasteiger partial charge in [0.25, 0.3) is 6.43 Å². The van der Waals surface area contributed by atoms with Crippen LogP contribution in [-0.4, -0.2) is 6.29 Å². The highest BCUT2D eigenvalue weighted by Gasteiger charge is 2.43. The van der Waals surface area contributed by atoms with Crippen LogP contribution in [0.4, 0.5) is 35.1 Å². The molecule has 0 amide bonds. The van der Waals surface area contributed by atoms with E-state index in [-0.39, 0.29) is 12.1 Å². The molecule has 0 bridgehead atoms. The quantitative estimate of drug-likeness (QED) is 0.580. The minimum absolute atomic E-state index is 0.0172. The first kappa shape index (κ1) is 15.4. The summed E-state index contributed by atoms with van der Waals surface area (Å²) in [6.07, 6.45) is -15.1. The molecular weight excluding hydrogens is 288 g/mol. The van der Waals surface area contributed by atoms with E-state index in [1.165, 1.54) is 0 Å². The number of hydrogen-bond donors (Lipinski definition) is 0. The Morgan fingerprint density at radius 3 is 1.79 bits per heavy atom. The molecule has 0 atom stereocenters. The summed E-state index contributed by atoms with van der Waals surface area (Å²) in [5.74, 6) is 0. The van der Waals surface area contributed by atoms with Crippen molar-refractivity contribution in [3.8, 4) is 0 Å². The smallest absolute Gasteiger partial charge is 0.298 e. The van der Waals surface area contributed by atoms with Crippen LogP contribution in [0.2, 0.25) is 0 Å². The molecule has 0 aliphatic carbocycles. The zero-order chi connectivity index (χ0) is 15.0. The lowest BCUT2D eigenvalue weighted by molar-refractivity contribution is -0.144. The van der Waals surface area contributed by atoms with Gasteiger partial charge >= 0.3 is 12.4 Å². The second kappa shape index (κ2) is 4.78. The van der Waals surface area contributed by atoms with Gasteiger partial charge in [-0.3, -0.25) is 4.79 Å². The van der Waals surface area contributed by atoms with Crippen LogP contribution in [-0.2, 0) is 12.4 Å². The standard InChI is InChI=1S/C10H4F8O/c11-8(12)4-1-2-6(9(13,14)15)5(3-19)7(4)10(16,17)18/h1-3,8H. The lowest BCUT2D eigenvalue weighted by atomic mass is 9.96. The topological polar surface area (TPSA) is 17.1 Å². The van der Waals surface area contributed by atoms with Gasteiger partial charge in [0.2, 0.25) is 0 Å². The maximum atomic E-state index is 12.6. The van der Waals surface area contributed by atoms with E-state index in [2.05, 4.69) is 0 Å². The van der Waals surface area contributed by atoms with E-state index in [0.29, 0.717) is 0 Å². The Balaban J connectivity index is 3.75. The van der Waals surface area contributed by atoms with Crippen molar-refractivity contribution in [2.45, 2.75) is 18.8 Å². The Bertz CT molecular complexity index is 486. The fourth-order valence-corrected chi connectivity index (χ4v) is 1.50. The molecule has 0 heterocycles. The second-order valence-corrected chi connectivity index (χ2v) is 3.41. The fourth-order valence-electron chi connectivity index (χ4n) is 1.50. The predicted octanol–water partition coefficient (Wildman–Crippen LogP) is 4.47. The largest absolute Gasteiger partial charge is 0.417 e. The highest BCUT2D eigenvalue weighted by atomic mass is 19.4. The minimum Gasteiger partial charge on any atom is -0.298 e. The molecule has 0 unspecified atom stereocenters. The third-order valence-electron chi connectivity index (χ3n) is 2.22. The molecule has 0 fully saturated rings. The van der Waals surface area contributed by atoms with Crippen molar-refractivity contribution in [3.63, 3.8) is 0 Å². The van der Waals surface area contributed by atoms with Gasteiger partial charge in [-0.2, -0.15) is 26.3 Å². The molecule has 106 valence electrons. The highest BCUT2D eigenvalue weighted by molar-refractivity contribution is 5.81. The molecular formula is C10H4F8O. The Morgan fingerprint density at radius 2 is 1.47 bits per heavy atom. The van der Waals surface area contributed by atoms with Gasteiger partial charge in [0.1, 0.15) is 0 Å². The molecule has 0 saturated carbocycles. The third-order valence-corrected chi connectivity index (χ3v) is 2.22. The summed E-state index contributed by atoms with van der Waals surface area (Å²) in [5, 5.41) is 0. The predicted molar refractivity (Wildman–Crippen MR) is 46.8 cm³/mol. The fraction of sp³-hybridized carbons (Fsp3) is 0.300. The van der Waals surface area contributed by atoms with Gasteiger partial charge in [-0.05, 0) is 6.07 Å². The van der Waals surface area contributed by atoms with Gasteiger partial charge in [0.15, 0.2) is 6.29 Å². The molecule has 0 aromatic heterocycles. The van der Waals surface area contributed by atoms with E-state index in [4.69, 9.17) is 0 Å². The van der Waals surface area contributed by atoms with Gasteiger partial charge in [-0.1, -0.05) is 6.07 Å². The van der Waals surface area contributed by atoms with Gasteiger partial charge < -0.3 is 0 Å². The van der Waals surface area contributed by atoms with Crippen LogP contribution in [0.5, 0.6) is 0 Å². The molecule has 19 heavy (non-hydrogen) atoms. The Kier molecular flexibility index (Phi) is 3.87. The van der Waals surface area contributed by atoms with Gasteiger partial charge in [-0.25, -0.2) is 8.78 Å². The Morgan fingerprint density at radius 1 is 0.947 bits per heavy atom. The van der Waals surface area contributed by atoms with Gasteiger partial charge in [-0.15, -0.1) is 0 Å². The van der Waals surface area contributed by atoms with Crippen LogP contribution in [0.25, 0.3) is 0 Å². The van der Waals surface area contributed by atoms with Crippen LogP contribution in [0.1, 0.15) is 33.5 Å². The molecule has 0 aliphatic rings. The lowest BCUT2D eigenvalue weighted by Gasteiger charge is -2.18. The van der Waals surface area contributed by atoms with Crippen LogP contribution in [0, 0.1) is 0 Å². The van der Waals surface area contributed by atoms with E-state index < -0.39 is 47.3 Å². The van der Waals surface area contributed by atoms with Crippen LogP contribution in [0.3, 0.4) is 0 Å². The lowest BCUT2D eigenvalue weighted by Crippen LogP contribution is -2.19. The van der Waals surface area contributed by atoms with E-state index in [0.717, 1.165) is 0 Å². The molecule has 0 N–H and O–H groups in total. The molecule has 0 aliphatic heterocycles. The molecule has 9 heteroatoms. The average Bonchev–Trinajstić information content (AvgIpc) is 2.24. The van der Waals surface area contributed by atoms with Crippen molar-refractivity contribution in [2.75, 3.05) is 0 Å². The summed E-state index contributed by atoms with van der Waals surface area (Å²) in [6, 6.07) is 0.0454. The Labute approximate surface area is 100 Å². The van der Waals surface area contributed by atoms with Gasteiger partial charge in [0, 0.05) is 11.1 Å². The molecule has 1 aromatic rings. The molecule has 0 saturated heterocycles. The first-order valence-electron chi connectivity index (χ1n) is 4.54. The first-order valence-corrected chi connectivity index (χ1v) is 4.54. The molecule has 0 radical (unpaired) electrons. The second-order valence-electron chi connectivity index (χ2n) is 3.41. The number of aldehydes is 1. The van der Waals surface area contributed by atoms with Crippen LogP contribution in [0.15, 0.2) is 12.1 Å². The summed E-state index contributed by atoms with van der Waals surface area (Å²) in [5.41, 5.74) is -7.66. The third kappa shape index (κ3) is 3.02. The highest BCUT2D eigenvalue weighted by Crippen LogP contribution is 2.42. The van der Waals surface area contributed by atoms with E-state index >= 15 is 0 Å². The number of benzene rings is 1. The number of hydrogen-bond acceptors (Lipinski definition) is 1. The monoisotopic (exact) mass is 292 g/mol. The number of rotatable bonds is 2. The summed E-state index contributed by atoms with van der Waals surface area (Å²) in [4.78, 5) is 10.5. The number of carbonyl (C=O) groups is 1. The van der Waals surface area contributed by atoms with Crippen LogP contribution >= 0.6 is 0 Å². The summed E-state index contributed by atoms with van der Waals surface area (Å²) in [7, 11) is 0. The zero-order valence-electron chi connectivity index (χ0n) is 8.74. The summed E-state index contributed by atoms with van der Waals surface area (Å²) >= 11 is 0. The van der Waals surface area contributed by atoms with Crippen molar-refractivity contribution in [2.24, 2.45) is 0 Å². The van der Waals surface area contributed by atoms with E-state index in [9.17, 15) is 39.9 Å². The van der Waals surface area contributed by atoms with Crippen molar-refractivity contribution in [1.29, 1.82) is 0 Å². The SMILES string of the molecule is O=Cc1c(C(F)(F)F)ccc(C(F)F)c1C(F)(F)F. The van der Waals surface area contributed by atoms with Crippen molar-refractivity contribution in [1.82, 2.24) is 0 Å². The molecule has 1 rings (SSSR count). The molecule has 1 nitrogen and oxygen atoms in total. The summed E-state index contributed by atoms with van der Waals surface area (Å²) < 4.78 is 99.8. The average molecular weight is 292 g/mol. The maximum absolute atomic E-state index is 12.6. The normalized spacial score (nSPS) is 12.9. The van der Waals surface area contributed by atoms with Crippen LogP contribution < -0.4 is 0 Å². The van der Waals surface area contributed by atoms with Gasteiger partial charge in [0.05, 0.1) is 11.1 Å². The maximum Gasteiger partial charge on any atom is 0.417 e. The number of alkyl halides is 8. The van der Waals surface area contributed by atoms with E-state index in [1.54, 1.807) is 0 Å². The van der Waals surface area contributed by atoms with Crippen molar-refractivity contribution in [3.05, 3.63) is 34.4 Å². The summed E-state index contributed by atoms with van der Waals surface area (Å²) in [6.45, 7) is 0. The van der Waals surface area contributed by atoms with Crippen molar-refractivity contribution >= 4 is 6.29 Å². The minimum atomic E-state index is -5.50. The number of halogens is 8.